The van der Waals surface area contributed by atoms with Crippen LogP contribution in [0.4, 0.5) is 0 Å². The van der Waals surface area contributed by atoms with Crippen LogP contribution in [0.2, 0.25) is 0 Å². The molecule has 0 radical (unpaired) electrons. The first kappa shape index (κ1) is 19.9. The smallest absolute Gasteiger partial charge is 0.226 e. The van der Waals surface area contributed by atoms with E-state index in [1.54, 1.807) is 6.20 Å². The van der Waals surface area contributed by atoms with Crippen molar-refractivity contribution >= 4 is 10.0 Å². The summed E-state index contributed by atoms with van der Waals surface area (Å²) in [5, 5.41) is 0. The summed E-state index contributed by atoms with van der Waals surface area (Å²) in [4.78, 5) is 4.21. The van der Waals surface area contributed by atoms with Crippen molar-refractivity contribution in [3.63, 3.8) is 0 Å². The number of nitrogens with one attached hydrogen (secondary N) is 1. The zero-order chi connectivity index (χ0) is 19.3. The quantitative estimate of drug-likeness (QED) is 0.740. The number of rotatable bonds is 8. The number of ether oxygens (including phenoxy) is 2. The van der Waals surface area contributed by atoms with Crippen molar-refractivity contribution in [2.24, 2.45) is 5.92 Å². The minimum absolute atomic E-state index is 0.0283. The fourth-order valence-electron chi connectivity index (χ4n) is 3.06. The van der Waals surface area contributed by atoms with Gasteiger partial charge in [0.2, 0.25) is 15.9 Å². The third-order valence-electron chi connectivity index (χ3n) is 4.46. The van der Waals surface area contributed by atoms with Gasteiger partial charge in [0.05, 0.1) is 25.2 Å². The maximum absolute atomic E-state index is 12.1. The number of aromatic nitrogens is 1. The highest BCUT2D eigenvalue weighted by molar-refractivity contribution is 7.89. The largest absolute Gasteiger partial charge is 0.493 e. The minimum atomic E-state index is -3.26. The molecule has 2 atom stereocenters. The molecule has 0 bridgehead atoms. The van der Waals surface area contributed by atoms with E-state index in [0.29, 0.717) is 44.3 Å². The number of aryl methyl sites for hydroxylation is 1. The third-order valence-corrected chi connectivity index (χ3v) is 6.07. The molecular weight excluding hydrogens is 368 g/mol. The third kappa shape index (κ3) is 5.54. The highest BCUT2D eigenvalue weighted by Crippen LogP contribution is 2.23. The molecule has 7 nitrogen and oxygen atoms in total. The highest BCUT2D eigenvalue weighted by atomic mass is 32.2. The summed E-state index contributed by atoms with van der Waals surface area (Å²) < 4.78 is 43.9. The van der Waals surface area contributed by atoms with Crippen molar-refractivity contribution < 1.29 is 22.3 Å². The second kappa shape index (κ2) is 8.86. The van der Waals surface area contributed by atoms with Crippen molar-refractivity contribution in [2.45, 2.75) is 32.7 Å². The lowest BCUT2D eigenvalue weighted by Gasteiger charge is -2.31. The molecule has 27 heavy (non-hydrogen) atoms. The average molecular weight is 394 g/mol. The second-order valence-electron chi connectivity index (χ2n) is 6.78. The Hall–Kier alpha value is -1.90. The molecule has 0 amide bonds. The van der Waals surface area contributed by atoms with E-state index in [1.807, 2.05) is 38.1 Å². The lowest BCUT2D eigenvalue weighted by Crippen LogP contribution is -2.48. The topological polar surface area (TPSA) is 90.7 Å². The number of benzene rings is 1. The van der Waals surface area contributed by atoms with Crippen LogP contribution in [0.15, 0.2) is 34.9 Å². The Labute approximate surface area is 160 Å². The number of oxazole rings is 1. The molecule has 0 spiro atoms. The van der Waals surface area contributed by atoms with E-state index in [0.717, 1.165) is 11.3 Å². The van der Waals surface area contributed by atoms with Crippen molar-refractivity contribution in [3.05, 3.63) is 36.2 Å². The Morgan fingerprint density at radius 2 is 2.07 bits per heavy atom. The molecule has 2 aromatic rings. The molecule has 8 heteroatoms. The summed E-state index contributed by atoms with van der Waals surface area (Å²) in [5.74, 6) is 2.16. The van der Waals surface area contributed by atoms with Gasteiger partial charge in [0.25, 0.3) is 0 Å². The van der Waals surface area contributed by atoms with E-state index in [-0.39, 0.29) is 17.7 Å². The van der Waals surface area contributed by atoms with E-state index in [4.69, 9.17) is 13.9 Å². The molecular formula is C19H26N2O5S. The summed E-state index contributed by atoms with van der Waals surface area (Å²) in [7, 11) is -3.26. The highest BCUT2D eigenvalue weighted by Gasteiger charge is 2.29. The minimum Gasteiger partial charge on any atom is -0.493 e. The number of hydrogen-bond donors (Lipinski definition) is 1. The molecule has 148 valence electrons. The number of sulfonamides is 1. The van der Waals surface area contributed by atoms with Crippen LogP contribution >= 0.6 is 0 Å². The second-order valence-corrected chi connectivity index (χ2v) is 8.65. The Balaban J connectivity index is 1.59. The first-order valence-corrected chi connectivity index (χ1v) is 10.9. The summed E-state index contributed by atoms with van der Waals surface area (Å²) >= 11 is 0. The summed E-state index contributed by atoms with van der Waals surface area (Å²) in [6.07, 6.45) is 2.93. The normalized spacial score (nSPS) is 20.5. The van der Waals surface area contributed by atoms with Crippen LogP contribution in [0.25, 0.3) is 11.5 Å². The lowest BCUT2D eigenvalue weighted by atomic mass is 9.98. The molecule has 1 aromatic carbocycles. The first-order valence-electron chi connectivity index (χ1n) is 9.20. The van der Waals surface area contributed by atoms with Crippen LogP contribution in [-0.2, 0) is 14.8 Å². The summed E-state index contributed by atoms with van der Waals surface area (Å²) in [5.41, 5.74) is 0.877. The van der Waals surface area contributed by atoms with Gasteiger partial charge in [0.15, 0.2) is 0 Å². The zero-order valence-corrected chi connectivity index (χ0v) is 16.5. The van der Waals surface area contributed by atoms with E-state index in [9.17, 15) is 8.42 Å². The van der Waals surface area contributed by atoms with Gasteiger partial charge in [-0.05, 0) is 44.0 Å². The Morgan fingerprint density at radius 3 is 2.74 bits per heavy atom. The maximum atomic E-state index is 12.1. The average Bonchev–Trinajstić information content (AvgIpc) is 3.07. The van der Waals surface area contributed by atoms with Gasteiger partial charge >= 0.3 is 0 Å². The fraction of sp³-hybridized carbons (Fsp3) is 0.526. The van der Waals surface area contributed by atoms with Crippen molar-refractivity contribution in [2.75, 3.05) is 25.6 Å². The first-order chi connectivity index (χ1) is 13.0. The predicted octanol–water partition coefficient (Wildman–Crippen LogP) is 2.76. The Kier molecular flexibility index (Phi) is 6.51. The van der Waals surface area contributed by atoms with Gasteiger partial charge < -0.3 is 13.9 Å². The van der Waals surface area contributed by atoms with Crippen molar-refractivity contribution in [1.29, 1.82) is 0 Å². The van der Waals surface area contributed by atoms with Gasteiger partial charge in [-0.15, -0.1) is 0 Å². The zero-order valence-electron chi connectivity index (χ0n) is 15.7. The van der Waals surface area contributed by atoms with Crippen LogP contribution in [0.5, 0.6) is 5.75 Å². The fourth-order valence-corrected chi connectivity index (χ4v) is 4.49. The van der Waals surface area contributed by atoms with Crippen LogP contribution in [0.1, 0.15) is 25.5 Å². The molecule has 0 saturated carbocycles. The molecule has 3 rings (SSSR count). The SMILES string of the molecule is CCCS(=O)(=O)N[C@H]1CCOC[C@@H]1COc1ccc(-c2ncc(C)o2)cc1. The Morgan fingerprint density at radius 1 is 1.30 bits per heavy atom. The molecule has 0 aliphatic carbocycles. The molecule has 1 aromatic heterocycles. The maximum Gasteiger partial charge on any atom is 0.226 e. The molecule has 2 heterocycles. The van der Waals surface area contributed by atoms with Gasteiger partial charge in [-0.3, -0.25) is 0 Å². The van der Waals surface area contributed by atoms with Gasteiger partial charge in [-0.1, -0.05) is 6.92 Å². The predicted molar refractivity (Wildman–Crippen MR) is 102 cm³/mol. The van der Waals surface area contributed by atoms with Crippen molar-refractivity contribution in [3.8, 4) is 17.2 Å². The van der Waals surface area contributed by atoms with Crippen LogP contribution < -0.4 is 9.46 Å². The Bertz CT molecular complexity index is 832. The molecule has 1 fully saturated rings. The van der Waals surface area contributed by atoms with Crippen LogP contribution in [0.3, 0.4) is 0 Å². The molecule has 1 N–H and O–H groups in total. The standard InChI is InChI=1S/C19H26N2O5S/c1-3-10-27(22,23)21-18-8-9-24-12-16(18)13-25-17-6-4-15(5-7-17)19-20-11-14(2)26-19/h4-7,11,16,18,21H,3,8-10,12-13H2,1-2H3/t16-,18+/m1/s1. The van der Waals surface area contributed by atoms with Gasteiger partial charge in [-0.2, -0.15) is 0 Å². The van der Waals surface area contributed by atoms with Gasteiger partial charge in [0, 0.05) is 24.1 Å². The van der Waals surface area contributed by atoms with Crippen molar-refractivity contribution in [1.82, 2.24) is 9.71 Å². The monoisotopic (exact) mass is 394 g/mol. The molecule has 0 unspecified atom stereocenters. The van der Waals surface area contributed by atoms with E-state index >= 15 is 0 Å². The summed E-state index contributed by atoms with van der Waals surface area (Å²) in [6.45, 7) is 5.13. The molecule has 1 aliphatic heterocycles. The number of hydrogen-bond acceptors (Lipinski definition) is 6. The van der Waals surface area contributed by atoms with E-state index in [1.165, 1.54) is 0 Å². The van der Waals surface area contributed by atoms with E-state index < -0.39 is 10.0 Å². The molecule has 1 saturated heterocycles. The van der Waals surface area contributed by atoms with Gasteiger partial charge in [0.1, 0.15) is 11.5 Å². The number of nitrogens with zero attached hydrogens (tertiary/aromatic N) is 1. The summed E-state index contributed by atoms with van der Waals surface area (Å²) in [6, 6.07) is 7.33. The van der Waals surface area contributed by atoms with Crippen LogP contribution in [0, 0.1) is 12.8 Å². The molecule has 1 aliphatic rings. The van der Waals surface area contributed by atoms with Gasteiger partial charge in [-0.25, -0.2) is 18.1 Å². The van der Waals surface area contributed by atoms with E-state index in [2.05, 4.69) is 9.71 Å². The lowest BCUT2D eigenvalue weighted by molar-refractivity contribution is 0.0186. The van der Waals surface area contributed by atoms with Crippen LogP contribution in [-0.4, -0.2) is 45.0 Å².